The molecule has 0 saturated heterocycles. The summed E-state index contributed by atoms with van der Waals surface area (Å²) in [4.78, 5) is 33.8. The summed E-state index contributed by atoms with van der Waals surface area (Å²) in [6.45, 7) is 0. The van der Waals surface area contributed by atoms with E-state index >= 15 is 0 Å². The van der Waals surface area contributed by atoms with Crippen molar-refractivity contribution in [1.29, 1.82) is 0 Å². The number of aliphatic imine (C=N–C) groups is 2. The van der Waals surface area contributed by atoms with E-state index in [1.54, 1.807) is 18.4 Å². The molecule has 2 heterocycles. The van der Waals surface area contributed by atoms with Crippen LogP contribution in [0.2, 0.25) is 0 Å². The van der Waals surface area contributed by atoms with Gasteiger partial charge in [0, 0.05) is 18.2 Å². The Morgan fingerprint density at radius 1 is 1.21 bits per heavy atom. The summed E-state index contributed by atoms with van der Waals surface area (Å²) in [7, 11) is 0. The molecule has 2 fully saturated rings. The first-order valence-corrected chi connectivity index (χ1v) is 9.60. The van der Waals surface area contributed by atoms with E-state index in [0.29, 0.717) is 28.7 Å². The van der Waals surface area contributed by atoms with Crippen molar-refractivity contribution in [3.63, 3.8) is 0 Å². The highest BCUT2D eigenvalue weighted by Gasteiger charge is 2.35. The van der Waals surface area contributed by atoms with Crippen LogP contribution >= 0.6 is 0 Å². The topological polar surface area (TPSA) is 92.1 Å². The smallest absolute Gasteiger partial charge is 0.239 e. The Hall–Kier alpha value is -3.22. The Morgan fingerprint density at radius 3 is 2.82 bits per heavy atom. The molecule has 7 heteroatoms. The van der Waals surface area contributed by atoms with Crippen LogP contribution in [0.4, 0.5) is 5.69 Å². The van der Waals surface area contributed by atoms with E-state index in [-0.39, 0.29) is 23.8 Å². The summed E-state index contributed by atoms with van der Waals surface area (Å²) in [5.41, 5.74) is 1.76. The number of allylic oxidation sites excluding steroid dienone is 2. The normalized spacial score (nSPS) is 24.8. The molecule has 0 radical (unpaired) electrons. The SMILES string of the molecule is O=C(NC1=CC(=Nc2ccccc2OC2CC2)C2C(=O)NC=CC2=N1)C1CC1. The standard InChI is InChI=1S/C21H20N4O3/c26-20(12-5-6-12)25-18-11-16(19-15(24-18)9-10-22-21(19)27)23-14-3-1-2-4-17(14)28-13-7-8-13/h1-4,9-13,19H,5-8H2,(H,22,27)(H,25,26). The van der Waals surface area contributed by atoms with E-state index in [0.717, 1.165) is 25.7 Å². The minimum Gasteiger partial charge on any atom is -0.488 e. The molecule has 1 aromatic rings. The summed E-state index contributed by atoms with van der Waals surface area (Å²) in [6.07, 6.45) is 9.15. The van der Waals surface area contributed by atoms with Gasteiger partial charge < -0.3 is 15.4 Å². The minimum absolute atomic E-state index is 0.0323. The van der Waals surface area contributed by atoms with E-state index in [1.807, 2.05) is 24.3 Å². The molecule has 1 atom stereocenters. The maximum atomic E-state index is 12.5. The van der Waals surface area contributed by atoms with Gasteiger partial charge in [0.05, 0.1) is 17.5 Å². The van der Waals surface area contributed by atoms with Gasteiger partial charge in [-0.3, -0.25) is 9.59 Å². The number of ether oxygens (including phenoxy) is 1. The molecule has 1 aromatic carbocycles. The zero-order valence-electron chi connectivity index (χ0n) is 15.2. The monoisotopic (exact) mass is 376 g/mol. The largest absolute Gasteiger partial charge is 0.488 e. The van der Waals surface area contributed by atoms with Crippen molar-refractivity contribution in [2.24, 2.45) is 21.8 Å². The number of carbonyl (C=O) groups excluding carboxylic acids is 2. The molecule has 5 rings (SSSR count). The summed E-state index contributed by atoms with van der Waals surface area (Å²) in [6, 6.07) is 7.54. The van der Waals surface area contributed by atoms with Gasteiger partial charge in [-0.2, -0.15) is 0 Å². The van der Waals surface area contributed by atoms with Crippen LogP contribution in [0.15, 0.2) is 58.4 Å². The number of carbonyl (C=O) groups is 2. The fourth-order valence-electron chi connectivity index (χ4n) is 3.19. The Labute approximate surface area is 162 Å². The van der Waals surface area contributed by atoms with E-state index < -0.39 is 5.92 Å². The van der Waals surface area contributed by atoms with Gasteiger partial charge in [0.1, 0.15) is 23.2 Å². The first kappa shape index (κ1) is 16.9. The number of hydrogen-bond donors (Lipinski definition) is 2. The average Bonchev–Trinajstić information content (AvgIpc) is 3.57. The lowest BCUT2D eigenvalue weighted by molar-refractivity contribution is -0.121. The van der Waals surface area contributed by atoms with Crippen LogP contribution in [-0.2, 0) is 9.59 Å². The number of fused-ring (bicyclic) bond motifs is 1. The van der Waals surface area contributed by atoms with Crippen LogP contribution in [0.5, 0.6) is 5.75 Å². The molecule has 2 N–H and O–H groups in total. The van der Waals surface area contributed by atoms with E-state index in [2.05, 4.69) is 15.6 Å². The van der Waals surface area contributed by atoms with Gasteiger partial charge in [0.25, 0.3) is 0 Å². The molecule has 0 bridgehead atoms. The van der Waals surface area contributed by atoms with Crippen LogP contribution in [0.1, 0.15) is 25.7 Å². The van der Waals surface area contributed by atoms with Crippen molar-refractivity contribution >= 4 is 28.9 Å². The van der Waals surface area contributed by atoms with Gasteiger partial charge in [0.15, 0.2) is 0 Å². The zero-order valence-corrected chi connectivity index (χ0v) is 15.2. The number of nitrogens with one attached hydrogen (secondary N) is 2. The van der Waals surface area contributed by atoms with Gasteiger partial charge in [-0.15, -0.1) is 0 Å². The molecule has 4 aliphatic rings. The number of para-hydroxylation sites is 2. The molecular weight excluding hydrogens is 356 g/mol. The highest BCUT2D eigenvalue weighted by molar-refractivity contribution is 6.31. The summed E-state index contributed by atoms with van der Waals surface area (Å²) in [5, 5.41) is 5.57. The molecule has 1 unspecified atom stereocenters. The van der Waals surface area contributed by atoms with Crippen LogP contribution < -0.4 is 15.4 Å². The second-order valence-corrected chi connectivity index (χ2v) is 7.43. The molecule has 142 valence electrons. The zero-order chi connectivity index (χ0) is 19.1. The Bertz CT molecular complexity index is 968. The van der Waals surface area contributed by atoms with Crippen molar-refractivity contribution in [3.8, 4) is 5.75 Å². The van der Waals surface area contributed by atoms with Gasteiger partial charge in [-0.05, 0) is 43.9 Å². The molecular formula is C21H20N4O3. The van der Waals surface area contributed by atoms with Crippen molar-refractivity contribution in [2.45, 2.75) is 31.8 Å². The predicted octanol–water partition coefficient (Wildman–Crippen LogP) is 2.38. The fourth-order valence-corrected chi connectivity index (χ4v) is 3.19. The molecule has 28 heavy (non-hydrogen) atoms. The lowest BCUT2D eigenvalue weighted by Crippen LogP contribution is -2.43. The van der Waals surface area contributed by atoms with Crippen molar-refractivity contribution < 1.29 is 14.3 Å². The fraction of sp³-hybridized carbons (Fsp3) is 0.333. The van der Waals surface area contributed by atoms with Crippen molar-refractivity contribution in [1.82, 2.24) is 10.6 Å². The molecule has 2 amide bonds. The maximum absolute atomic E-state index is 12.5. The van der Waals surface area contributed by atoms with Gasteiger partial charge in [0.2, 0.25) is 11.8 Å². The Kier molecular flexibility index (Phi) is 4.07. The summed E-state index contributed by atoms with van der Waals surface area (Å²) >= 11 is 0. The van der Waals surface area contributed by atoms with Crippen molar-refractivity contribution in [2.75, 3.05) is 0 Å². The third-order valence-electron chi connectivity index (χ3n) is 5.00. The second-order valence-electron chi connectivity index (χ2n) is 7.43. The van der Waals surface area contributed by atoms with E-state index in [1.165, 1.54) is 0 Å². The third-order valence-corrected chi connectivity index (χ3v) is 5.00. The summed E-state index contributed by atoms with van der Waals surface area (Å²) in [5.74, 6) is 0.351. The number of benzene rings is 1. The number of nitrogens with zero attached hydrogens (tertiary/aromatic N) is 2. The third kappa shape index (κ3) is 3.47. The number of rotatable bonds is 5. The molecule has 2 aliphatic carbocycles. The van der Waals surface area contributed by atoms with Crippen molar-refractivity contribution in [3.05, 3.63) is 48.4 Å². The first-order chi connectivity index (χ1) is 13.7. The molecule has 2 saturated carbocycles. The molecule has 0 aromatic heterocycles. The van der Waals surface area contributed by atoms with Gasteiger partial charge in [-0.25, -0.2) is 9.98 Å². The minimum atomic E-state index is -0.611. The predicted molar refractivity (Wildman–Crippen MR) is 104 cm³/mol. The highest BCUT2D eigenvalue weighted by Crippen LogP contribution is 2.35. The van der Waals surface area contributed by atoms with Crippen LogP contribution in [-0.4, -0.2) is 29.3 Å². The van der Waals surface area contributed by atoms with Gasteiger partial charge in [-0.1, -0.05) is 12.1 Å². The van der Waals surface area contributed by atoms with Crippen LogP contribution in [0.3, 0.4) is 0 Å². The molecule has 7 nitrogen and oxygen atoms in total. The highest BCUT2D eigenvalue weighted by atomic mass is 16.5. The van der Waals surface area contributed by atoms with E-state index in [9.17, 15) is 9.59 Å². The molecule has 0 spiro atoms. The lowest BCUT2D eigenvalue weighted by atomic mass is 9.91. The van der Waals surface area contributed by atoms with Gasteiger partial charge >= 0.3 is 0 Å². The number of amides is 2. The molecule has 2 aliphatic heterocycles. The van der Waals surface area contributed by atoms with Crippen LogP contribution in [0.25, 0.3) is 0 Å². The quantitative estimate of drug-likeness (QED) is 0.826. The Morgan fingerprint density at radius 2 is 2.04 bits per heavy atom. The van der Waals surface area contributed by atoms with E-state index in [4.69, 9.17) is 9.73 Å². The Balaban J connectivity index is 1.51. The summed E-state index contributed by atoms with van der Waals surface area (Å²) < 4.78 is 5.95. The van der Waals surface area contributed by atoms with Crippen LogP contribution in [0, 0.1) is 11.8 Å². The second kappa shape index (κ2) is 6.74. The average molecular weight is 376 g/mol. The number of hydrogen-bond acceptors (Lipinski definition) is 5. The maximum Gasteiger partial charge on any atom is 0.239 e. The lowest BCUT2D eigenvalue weighted by Gasteiger charge is -2.24. The first-order valence-electron chi connectivity index (χ1n) is 9.60.